The fourth-order valence-corrected chi connectivity index (χ4v) is 4.21. The number of thioether (sulfide) groups is 1. The molecule has 136 valence electrons. The van der Waals surface area contributed by atoms with E-state index in [2.05, 4.69) is 31.4 Å². The summed E-state index contributed by atoms with van der Waals surface area (Å²) in [5.74, 6) is 0.514. The van der Waals surface area contributed by atoms with Gasteiger partial charge in [0.05, 0.1) is 19.3 Å². The second-order valence-corrected chi connectivity index (χ2v) is 8.63. The number of anilines is 2. The van der Waals surface area contributed by atoms with E-state index in [9.17, 15) is 5.11 Å². The fraction of sp³-hybridized carbons (Fsp3) is 0.222. The number of nitrogens with zero attached hydrogens (tertiary/aromatic N) is 2. The Morgan fingerprint density at radius 1 is 1.15 bits per heavy atom. The van der Waals surface area contributed by atoms with E-state index >= 15 is 0 Å². The Morgan fingerprint density at radius 2 is 2.00 bits per heavy atom. The van der Waals surface area contributed by atoms with Crippen LogP contribution in [0, 0.1) is 0 Å². The molecule has 2 aromatic carbocycles. The van der Waals surface area contributed by atoms with Gasteiger partial charge in [-0.25, -0.2) is 0 Å². The molecule has 0 saturated carbocycles. The maximum atomic E-state index is 10.1. The smallest absolute Gasteiger partial charge is 0.210 e. The first-order chi connectivity index (χ1) is 12.7. The van der Waals surface area contributed by atoms with Crippen LogP contribution in [0.4, 0.5) is 10.8 Å². The molecular formula is C18H18BrN3O2S2. The van der Waals surface area contributed by atoms with Gasteiger partial charge in [0.15, 0.2) is 4.34 Å². The average molecular weight is 452 g/mol. The van der Waals surface area contributed by atoms with E-state index in [1.807, 2.05) is 54.6 Å². The van der Waals surface area contributed by atoms with Crippen molar-refractivity contribution in [2.24, 2.45) is 0 Å². The summed E-state index contributed by atoms with van der Waals surface area (Å²) in [6.45, 7) is 0.798. The molecule has 0 unspecified atom stereocenters. The van der Waals surface area contributed by atoms with Crippen molar-refractivity contribution in [1.82, 2.24) is 10.2 Å². The third-order valence-corrected chi connectivity index (χ3v) is 5.91. The van der Waals surface area contributed by atoms with Gasteiger partial charge in [0.1, 0.15) is 0 Å². The summed E-state index contributed by atoms with van der Waals surface area (Å²) in [5, 5.41) is 22.3. The van der Waals surface area contributed by atoms with E-state index < -0.39 is 6.10 Å². The number of nitrogens with one attached hydrogen (secondary N) is 1. The topological polar surface area (TPSA) is 67.3 Å². The molecule has 3 rings (SSSR count). The van der Waals surface area contributed by atoms with Gasteiger partial charge in [0.25, 0.3) is 0 Å². The van der Waals surface area contributed by atoms with E-state index in [0.717, 1.165) is 25.2 Å². The van der Waals surface area contributed by atoms with Crippen molar-refractivity contribution in [2.75, 3.05) is 17.7 Å². The fourth-order valence-electron chi connectivity index (χ4n) is 2.11. The van der Waals surface area contributed by atoms with Crippen LogP contribution in [0.25, 0.3) is 0 Å². The minimum absolute atomic E-state index is 0.295. The number of halogens is 1. The number of ether oxygens (including phenoxy) is 1. The SMILES string of the molecule is O[C@@H](COCc1ccccc1)CSc1nnc(Nc2cccc(Br)c2)s1. The van der Waals surface area contributed by atoms with Gasteiger partial charge in [-0.1, -0.05) is 75.4 Å². The number of aliphatic hydroxyl groups excluding tert-OH is 1. The highest BCUT2D eigenvalue weighted by Crippen LogP contribution is 2.28. The summed E-state index contributed by atoms with van der Waals surface area (Å²) < 4.78 is 7.36. The zero-order valence-electron chi connectivity index (χ0n) is 13.8. The number of hydrogen-bond donors (Lipinski definition) is 2. The molecular weight excluding hydrogens is 434 g/mol. The molecule has 2 N–H and O–H groups in total. The molecule has 0 bridgehead atoms. The van der Waals surface area contributed by atoms with Crippen LogP contribution in [0.15, 0.2) is 63.4 Å². The molecule has 0 aliphatic rings. The van der Waals surface area contributed by atoms with Crippen molar-refractivity contribution in [2.45, 2.75) is 17.1 Å². The van der Waals surface area contributed by atoms with Crippen LogP contribution < -0.4 is 5.32 Å². The number of aliphatic hydroxyl groups is 1. The molecule has 26 heavy (non-hydrogen) atoms. The Bertz CT molecular complexity index is 817. The van der Waals surface area contributed by atoms with E-state index in [4.69, 9.17) is 4.74 Å². The van der Waals surface area contributed by atoms with Gasteiger partial charge in [0, 0.05) is 15.9 Å². The van der Waals surface area contributed by atoms with Crippen LogP contribution >= 0.6 is 39.0 Å². The van der Waals surface area contributed by atoms with Crippen molar-refractivity contribution in [3.05, 3.63) is 64.6 Å². The lowest BCUT2D eigenvalue weighted by atomic mass is 10.2. The Labute approximate surface area is 169 Å². The standard InChI is InChI=1S/C18H18BrN3O2S2/c19-14-7-4-8-15(9-14)20-17-21-22-18(26-17)25-12-16(23)11-24-10-13-5-2-1-3-6-13/h1-9,16,23H,10-12H2,(H,20,21)/t16-/m0/s1. The monoisotopic (exact) mass is 451 g/mol. The van der Waals surface area contributed by atoms with Crippen LogP contribution in [-0.2, 0) is 11.3 Å². The molecule has 0 radical (unpaired) electrons. The normalized spacial score (nSPS) is 12.1. The molecule has 1 aromatic heterocycles. The molecule has 0 aliphatic carbocycles. The molecule has 3 aromatic rings. The van der Waals surface area contributed by atoms with Crippen LogP contribution in [0.5, 0.6) is 0 Å². The summed E-state index contributed by atoms with van der Waals surface area (Å²) in [4.78, 5) is 0. The maximum absolute atomic E-state index is 10.1. The number of hydrogen-bond acceptors (Lipinski definition) is 7. The first-order valence-corrected chi connectivity index (χ1v) is 10.6. The van der Waals surface area contributed by atoms with Crippen molar-refractivity contribution < 1.29 is 9.84 Å². The minimum atomic E-state index is -0.547. The predicted octanol–water partition coefficient (Wildman–Crippen LogP) is 4.71. The van der Waals surface area contributed by atoms with Crippen molar-refractivity contribution >= 4 is 49.8 Å². The third kappa shape index (κ3) is 6.37. The quantitative estimate of drug-likeness (QED) is 0.459. The van der Waals surface area contributed by atoms with Gasteiger partial charge in [0.2, 0.25) is 5.13 Å². The number of rotatable bonds is 9. The Balaban J connectivity index is 1.40. The second kappa shape index (κ2) is 10.0. The number of aromatic nitrogens is 2. The molecule has 0 amide bonds. The van der Waals surface area contributed by atoms with E-state index in [1.165, 1.54) is 23.1 Å². The van der Waals surface area contributed by atoms with Gasteiger partial charge < -0.3 is 15.2 Å². The van der Waals surface area contributed by atoms with Crippen molar-refractivity contribution in [3.63, 3.8) is 0 Å². The van der Waals surface area contributed by atoms with Gasteiger partial charge in [-0.3, -0.25) is 0 Å². The van der Waals surface area contributed by atoms with Gasteiger partial charge in [-0.2, -0.15) is 0 Å². The highest BCUT2D eigenvalue weighted by atomic mass is 79.9. The maximum Gasteiger partial charge on any atom is 0.210 e. The van der Waals surface area contributed by atoms with Crippen LogP contribution in [0.2, 0.25) is 0 Å². The van der Waals surface area contributed by atoms with Gasteiger partial charge >= 0.3 is 0 Å². The average Bonchev–Trinajstić information content (AvgIpc) is 3.08. The zero-order valence-corrected chi connectivity index (χ0v) is 17.1. The third-order valence-electron chi connectivity index (χ3n) is 3.30. The summed E-state index contributed by atoms with van der Waals surface area (Å²) >= 11 is 6.37. The molecule has 8 heteroatoms. The lowest BCUT2D eigenvalue weighted by Crippen LogP contribution is -2.17. The van der Waals surface area contributed by atoms with Gasteiger partial charge in [-0.05, 0) is 23.8 Å². The summed E-state index contributed by atoms with van der Waals surface area (Å²) in [5.41, 5.74) is 2.04. The van der Waals surface area contributed by atoms with Crippen LogP contribution in [0.1, 0.15) is 5.56 Å². The number of benzene rings is 2. The Kier molecular flexibility index (Phi) is 7.45. The molecule has 1 atom stereocenters. The second-order valence-electron chi connectivity index (χ2n) is 5.47. The van der Waals surface area contributed by atoms with Crippen molar-refractivity contribution in [1.29, 1.82) is 0 Å². The molecule has 0 aliphatic heterocycles. The first-order valence-electron chi connectivity index (χ1n) is 7.97. The largest absolute Gasteiger partial charge is 0.390 e. The van der Waals surface area contributed by atoms with Crippen LogP contribution in [0.3, 0.4) is 0 Å². The molecule has 0 fully saturated rings. The van der Waals surface area contributed by atoms with E-state index in [1.54, 1.807) is 0 Å². The van der Waals surface area contributed by atoms with Crippen LogP contribution in [-0.4, -0.2) is 33.8 Å². The lowest BCUT2D eigenvalue weighted by molar-refractivity contribution is 0.0398. The molecule has 0 spiro atoms. The van der Waals surface area contributed by atoms with Gasteiger partial charge in [-0.15, -0.1) is 10.2 Å². The Hall–Kier alpha value is -1.45. The van der Waals surface area contributed by atoms with E-state index in [0.29, 0.717) is 19.0 Å². The summed E-state index contributed by atoms with van der Waals surface area (Å²) in [6, 6.07) is 17.8. The highest BCUT2D eigenvalue weighted by molar-refractivity contribution is 9.10. The lowest BCUT2D eigenvalue weighted by Gasteiger charge is -2.10. The summed E-state index contributed by atoms with van der Waals surface area (Å²) in [7, 11) is 0. The zero-order chi connectivity index (χ0) is 18.2. The summed E-state index contributed by atoms with van der Waals surface area (Å²) in [6.07, 6.45) is -0.547. The predicted molar refractivity (Wildman–Crippen MR) is 110 cm³/mol. The highest BCUT2D eigenvalue weighted by Gasteiger charge is 2.10. The first kappa shape index (κ1) is 19.3. The molecule has 1 heterocycles. The van der Waals surface area contributed by atoms with E-state index in [-0.39, 0.29) is 0 Å². The minimum Gasteiger partial charge on any atom is -0.390 e. The molecule has 0 saturated heterocycles. The Morgan fingerprint density at radius 3 is 2.81 bits per heavy atom. The van der Waals surface area contributed by atoms with Crippen molar-refractivity contribution in [3.8, 4) is 0 Å². The molecule has 5 nitrogen and oxygen atoms in total.